The molecule has 1 aliphatic heterocycles. The molecule has 182 valence electrons. The van der Waals surface area contributed by atoms with Crippen LogP contribution in [-0.4, -0.2) is 28.6 Å². The molecular weight excluding hydrogens is 444 g/mol. The summed E-state index contributed by atoms with van der Waals surface area (Å²) in [5.74, 6) is 0.978. The molecule has 7 nitrogen and oxygen atoms in total. The number of rotatable bonds is 10. The topological polar surface area (TPSA) is 88.1 Å². The number of ether oxygens (including phenoxy) is 2. The zero-order valence-electron chi connectivity index (χ0n) is 19.8. The van der Waals surface area contributed by atoms with Crippen LogP contribution in [0.15, 0.2) is 72.8 Å². The Morgan fingerprint density at radius 3 is 2.46 bits per heavy atom. The normalized spacial score (nSPS) is 12.7. The summed E-state index contributed by atoms with van der Waals surface area (Å²) in [7, 11) is 0. The smallest absolute Gasteiger partial charge is 0.247 e. The number of aromatic hydroxyl groups is 1. The molecule has 4 rings (SSSR count). The fraction of sp³-hybridized carbons (Fsp3) is 0.286. The van der Waals surface area contributed by atoms with E-state index >= 15 is 0 Å². The highest BCUT2D eigenvalue weighted by molar-refractivity contribution is 5.88. The number of benzene rings is 3. The Bertz CT molecular complexity index is 1150. The third kappa shape index (κ3) is 6.12. The van der Waals surface area contributed by atoms with E-state index in [2.05, 4.69) is 5.32 Å². The SMILES string of the molecule is CCCCC(=O)N(Cc1ccc2c(c1)OCO2)C(C(=O)NCc1ccccc1)c1ccc(O)cc1. The molecule has 0 aromatic heterocycles. The number of carbonyl (C=O) groups excluding carboxylic acids is 2. The van der Waals surface area contributed by atoms with Crippen LogP contribution < -0.4 is 14.8 Å². The minimum absolute atomic E-state index is 0.0943. The van der Waals surface area contributed by atoms with Crippen molar-refractivity contribution in [1.29, 1.82) is 0 Å². The summed E-state index contributed by atoms with van der Waals surface area (Å²) in [5.41, 5.74) is 2.42. The minimum Gasteiger partial charge on any atom is -0.508 e. The van der Waals surface area contributed by atoms with E-state index in [-0.39, 0.29) is 30.9 Å². The number of fused-ring (bicyclic) bond motifs is 1. The van der Waals surface area contributed by atoms with Gasteiger partial charge in [-0.05, 0) is 47.4 Å². The average Bonchev–Trinajstić information content (AvgIpc) is 3.35. The van der Waals surface area contributed by atoms with Gasteiger partial charge in [0.15, 0.2) is 11.5 Å². The summed E-state index contributed by atoms with van der Waals surface area (Å²) in [5, 5.41) is 12.8. The Kier molecular flexibility index (Phi) is 7.88. The second kappa shape index (κ2) is 11.4. The molecule has 0 aliphatic carbocycles. The lowest BCUT2D eigenvalue weighted by Gasteiger charge is -2.32. The predicted octanol–water partition coefficient (Wildman–Crippen LogP) is 4.70. The van der Waals surface area contributed by atoms with E-state index in [0.29, 0.717) is 30.0 Å². The summed E-state index contributed by atoms with van der Waals surface area (Å²) >= 11 is 0. The van der Waals surface area contributed by atoms with Crippen molar-refractivity contribution in [3.63, 3.8) is 0 Å². The molecule has 7 heteroatoms. The van der Waals surface area contributed by atoms with Crippen molar-refractivity contribution in [2.24, 2.45) is 0 Å². The van der Waals surface area contributed by atoms with E-state index < -0.39 is 6.04 Å². The van der Waals surface area contributed by atoms with Crippen LogP contribution in [0.4, 0.5) is 0 Å². The van der Waals surface area contributed by atoms with Gasteiger partial charge >= 0.3 is 0 Å². The molecule has 0 saturated heterocycles. The highest BCUT2D eigenvalue weighted by Gasteiger charge is 2.31. The number of nitrogens with one attached hydrogen (secondary N) is 1. The number of unbranched alkanes of at least 4 members (excludes halogenated alkanes) is 1. The zero-order valence-corrected chi connectivity index (χ0v) is 19.8. The van der Waals surface area contributed by atoms with Gasteiger partial charge in [-0.2, -0.15) is 0 Å². The Morgan fingerprint density at radius 2 is 1.71 bits per heavy atom. The van der Waals surface area contributed by atoms with Crippen molar-refractivity contribution in [3.8, 4) is 17.2 Å². The molecule has 1 atom stereocenters. The van der Waals surface area contributed by atoms with Crippen molar-refractivity contribution in [1.82, 2.24) is 10.2 Å². The van der Waals surface area contributed by atoms with Crippen LogP contribution in [-0.2, 0) is 22.7 Å². The lowest BCUT2D eigenvalue weighted by Crippen LogP contribution is -2.43. The van der Waals surface area contributed by atoms with E-state index in [1.165, 1.54) is 12.1 Å². The standard InChI is InChI=1S/C28H30N2O5/c1-2-3-9-26(32)30(18-21-10-15-24-25(16-21)35-19-34-24)27(22-11-13-23(31)14-12-22)28(33)29-17-20-7-5-4-6-8-20/h4-8,10-16,27,31H,2-3,9,17-19H2,1H3,(H,29,33). The van der Waals surface area contributed by atoms with Crippen molar-refractivity contribution in [2.75, 3.05) is 6.79 Å². The predicted molar refractivity (Wildman–Crippen MR) is 132 cm³/mol. The van der Waals surface area contributed by atoms with Crippen LogP contribution >= 0.6 is 0 Å². The fourth-order valence-corrected chi connectivity index (χ4v) is 4.04. The molecule has 2 amide bonds. The fourth-order valence-electron chi connectivity index (χ4n) is 4.04. The van der Waals surface area contributed by atoms with Gasteiger partial charge in [-0.25, -0.2) is 0 Å². The summed E-state index contributed by atoms with van der Waals surface area (Å²) in [6.07, 6.45) is 1.93. The first-order valence-electron chi connectivity index (χ1n) is 11.8. The van der Waals surface area contributed by atoms with Crippen LogP contribution in [0, 0.1) is 0 Å². The maximum atomic E-state index is 13.6. The highest BCUT2D eigenvalue weighted by atomic mass is 16.7. The largest absolute Gasteiger partial charge is 0.508 e. The van der Waals surface area contributed by atoms with Crippen LogP contribution in [0.5, 0.6) is 17.2 Å². The summed E-state index contributed by atoms with van der Waals surface area (Å²) < 4.78 is 10.9. The van der Waals surface area contributed by atoms with E-state index in [4.69, 9.17) is 9.47 Å². The van der Waals surface area contributed by atoms with E-state index in [1.54, 1.807) is 17.0 Å². The lowest BCUT2D eigenvalue weighted by molar-refractivity contribution is -0.141. The van der Waals surface area contributed by atoms with Gasteiger partial charge in [0.1, 0.15) is 11.8 Å². The second-order valence-corrected chi connectivity index (χ2v) is 8.51. The molecular formula is C28H30N2O5. The van der Waals surface area contributed by atoms with Gasteiger partial charge in [0.05, 0.1) is 0 Å². The van der Waals surface area contributed by atoms with Crippen LogP contribution in [0.3, 0.4) is 0 Å². The number of hydrogen-bond acceptors (Lipinski definition) is 5. The summed E-state index contributed by atoms with van der Waals surface area (Å²) in [4.78, 5) is 28.6. The Morgan fingerprint density at radius 1 is 0.971 bits per heavy atom. The molecule has 3 aromatic carbocycles. The summed E-state index contributed by atoms with van der Waals surface area (Å²) in [6, 6.07) is 20.7. The highest BCUT2D eigenvalue weighted by Crippen LogP contribution is 2.34. The van der Waals surface area contributed by atoms with E-state index in [9.17, 15) is 14.7 Å². The third-order valence-electron chi connectivity index (χ3n) is 5.93. The second-order valence-electron chi connectivity index (χ2n) is 8.51. The average molecular weight is 475 g/mol. The number of carbonyl (C=O) groups is 2. The van der Waals surface area contributed by atoms with E-state index in [1.807, 2.05) is 55.5 Å². The molecule has 35 heavy (non-hydrogen) atoms. The van der Waals surface area contributed by atoms with Gasteiger partial charge in [0, 0.05) is 19.5 Å². The van der Waals surface area contributed by atoms with Crippen molar-refractivity contribution in [2.45, 2.75) is 45.3 Å². The Hall–Kier alpha value is -4.00. The number of phenols is 1. The molecule has 0 spiro atoms. The third-order valence-corrected chi connectivity index (χ3v) is 5.93. The van der Waals surface area contributed by atoms with Gasteiger partial charge in [-0.3, -0.25) is 9.59 Å². The first kappa shape index (κ1) is 24.1. The zero-order chi connectivity index (χ0) is 24.6. The molecule has 1 heterocycles. The van der Waals surface area contributed by atoms with Gasteiger partial charge in [-0.15, -0.1) is 0 Å². The molecule has 1 unspecified atom stereocenters. The molecule has 3 aromatic rings. The number of amides is 2. The Labute approximate surface area is 205 Å². The molecule has 2 N–H and O–H groups in total. The van der Waals surface area contributed by atoms with Crippen LogP contribution in [0.1, 0.15) is 48.9 Å². The molecule has 1 aliphatic rings. The monoisotopic (exact) mass is 474 g/mol. The summed E-state index contributed by atoms with van der Waals surface area (Å²) in [6.45, 7) is 2.76. The first-order chi connectivity index (χ1) is 17.0. The lowest BCUT2D eigenvalue weighted by atomic mass is 10.0. The van der Waals surface area contributed by atoms with Gasteiger partial charge < -0.3 is 24.8 Å². The minimum atomic E-state index is -0.867. The van der Waals surface area contributed by atoms with Crippen molar-refractivity contribution < 1.29 is 24.2 Å². The van der Waals surface area contributed by atoms with E-state index in [0.717, 1.165) is 24.0 Å². The maximum absolute atomic E-state index is 13.6. The Balaban J connectivity index is 1.65. The van der Waals surface area contributed by atoms with Crippen molar-refractivity contribution >= 4 is 11.8 Å². The van der Waals surface area contributed by atoms with Crippen LogP contribution in [0.25, 0.3) is 0 Å². The number of hydrogen-bond donors (Lipinski definition) is 2. The quantitative estimate of drug-likeness (QED) is 0.445. The maximum Gasteiger partial charge on any atom is 0.247 e. The first-order valence-corrected chi connectivity index (χ1v) is 11.8. The van der Waals surface area contributed by atoms with Gasteiger partial charge in [-0.1, -0.05) is 61.9 Å². The number of phenolic OH excluding ortho intramolecular Hbond substituents is 1. The van der Waals surface area contributed by atoms with Gasteiger partial charge in [0.2, 0.25) is 18.6 Å². The molecule has 0 radical (unpaired) electrons. The molecule has 0 saturated carbocycles. The number of nitrogens with zero attached hydrogens (tertiary/aromatic N) is 1. The van der Waals surface area contributed by atoms with Crippen molar-refractivity contribution in [3.05, 3.63) is 89.5 Å². The molecule has 0 fully saturated rings. The molecule has 0 bridgehead atoms. The van der Waals surface area contributed by atoms with Crippen LogP contribution in [0.2, 0.25) is 0 Å². The van der Waals surface area contributed by atoms with Gasteiger partial charge in [0.25, 0.3) is 0 Å².